The summed E-state index contributed by atoms with van der Waals surface area (Å²) < 4.78 is 11.8. The summed E-state index contributed by atoms with van der Waals surface area (Å²) in [5, 5.41) is 6.82. The van der Waals surface area contributed by atoms with Crippen LogP contribution in [0.5, 0.6) is 0 Å². The summed E-state index contributed by atoms with van der Waals surface area (Å²) in [7, 11) is 0. The van der Waals surface area contributed by atoms with Crippen LogP contribution in [0.4, 0.5) is 0 Å². The second kappa shape index (κ2) is 14.3. The minimum atomic E-state index is 0. The van der Waals surface area contributed by atoms with Crippen molar-refractivity contribution < 1.29 is 9.47 Å². The average Bonchev–Trinajstić information content (AvgIpc) is 2.67. The molecule has 2 aliphatic rings. The Balaban J connectivity index is 0.00000338. The molecule has 0 unspecified atom stereocenters. The van der Waals surface area contributed by atoms with E-state index >= 15 is 0 Å². The van der Waals surface area contributed by atoms with Crippen molar-refractivity contribution in [2.24, 2.45) is 4.99 Å². The number of halogens is 1. The van der Waals surface area contributed by atoms with Gasteiger partial charge in [0.15, 0.2) is 5.96 Å². The molecule has 0 spiro atoms. The number of aliphatic imine (C=N–C) groups is 1. The van der Waals surface area contributed by atoms with Gasteiger partial charge in [0.2, 0.25) is 0 Å². The Bertz CT molecular complexity index is 387. The topological polar surface area (TPSA) is 54.9 Å². The molecule has 1 saturated carbocycles. The number of ether oxygens (including phenoxy) is 2. The molecule has 1 saturated heterocycles. The van der Waals surface area contributed by atoms with Crippen LogP contribution in [-0.4, -0.2) is 62.5 Å². The number of nitrogens with zero attached hydrogens (tertiary/aromatic N) is 1. The summed E-state index contributed by atoms with van der Waals surface area (Å²) in [5.41, 5.74) is 0. The molecule has 26 heavy (non-hydrogen) atoms. The third kappa shape index (κ3) is 8.97. The second-order valence-corrected chi connectivity index (χ2v) is 8.38. The van der Waals surface area contributed by atoms with E-state index in [2.05, 4.69) is 23.8 Å². The van der Waals surface area contributed by atoms with Crippen LogP contribution in [0.2, 0.25) is 0 Å². The van der Waals surface area contributed by atoms with Crippen molar-refractivity contribution in [2.45, 2.75) is 69.1 Å². The lowest BCUT2D eigenvalue weighted by Crippen LogP contribution is -2.41. The molecule has 0 aromatic carbocycles. The number of hydrogen-bond donors (Lipinski definition) is 2. The fourth-order valence-electron chi connectivity index (χ4n) is 3.50. The molecule has 0 radical (unpaired) electrons. The third-order valence-electron chi connectivity index (χ3n) is 5.23. The Labute approximate surface area is 181 Å². The zero-order chi connectivity index (χ0) is 17.8. The molecule has 0 atom stereocenters. The predicted octanol–water partition coefficient (Wildman–Crippen LogP) is 3.81. The van der Waals surface area contributed by atoms with Gasteiger partial charge in [0, 0.05) is 37.7 Å². The highest BCUT2D eigenvalue weighted by Crippen LogP contribution is 2.33. The van der Waals surface area contributed by atoms with Crippen molar-refractivity contribution in [3.05, 3.63) is 0 Å². The molecule has 2 N–H and O–H groups in total. The Morgan fingerprint density at radius 3 is 2.58 bits per heavy atom. The third-order valence-corrected chi connectivity index (χ3v) is 6.63. The van der Waals surface area contributed by atoms with Gasteiger partial charge in [-0.1, -0.05) is 19.3 Å². The Hall–Kier alpha value is 0.270. The lowest BCUT2D eigenvalue weighted by Gasteiger charge is -2.34. The average molecular weight is 500 g/mol. The second-order valence-electron chi connectivity index (χ2n) is 7.11. The van der Waals surface area contributed by atoms with Crippen LogP contribution >= 0.6 is 35.7 Å². The molecular formula is C19H38IN3O2S. The van der Waals surface area contributed by atoms with Gasteiger partial charge in [-0.05, 0) is 45.3 Å². The summed E-state index contributed by atoms with van der Waals surface area (Å²) in [6.07, 6.45) is 12.5. The maximum Gasteiger partial charge on any atom is 0.191 e. The predicted molar refractivity (Wildman–Crippen MR) is 123 cm³/mol. The Kier molecular flexibility index (Phi) is 13.4. The van der Waals surface area contributed by atoms with E-state index in [1.54, 1.807) is 0 Å². The molecule has 2 fully saturated rings. The monoisotopic (exact) mass is 499 g/mol. The van der Waals surface area contributed by atoms with Gasteiger partial charge in [0.25, 0.3) is 0 Å². The molecule has 0 aromatic rings. The van der Waals surface area contributed by atoms with Crippen molar-refractivity contribution in [1.82, 2.24) is 10.6 Å². The number of guanidine groups is 1. The van der Waals surface area contributed by atoms with Gasteiger partial charge in [0.1, 0.15) is 0 Å². The summed E-state index contributed by atoms with van der Waals surface area (Å²) in [4.78, 5) is 4.84. The zero-order valence-corrected chi connectivity index (χ0v) is 19.7. The Morgan fingerprint density at radius 1 is 1.19 bits per heavy atom. The van der Waals surface area contributed by atoms with E-state index in [1.165, 1.54) is 32.1 Å². The van der Waals surface area contributed by atoms with Crippen molar-refractivity contribution >= 4 is 41.7 Å². The van der Waals surface area contributed by atoms with Crippen LogP contribution < -0.4 is 10.6 Å². The van der Waals surface area contributed by atoms with Crippen LogP contribution in [0.15, 0.2) is 4.99 Å². The minimum Gasteiger partial charge on any atom is -0.381 e. The maximum atomic E-state index is 6.00. The van der Waals surface area contributed by atoms with Crippen molar-refractivity contribution in [2.75, 3.05) is 45.7 Å². The summed E-state index contributed by atoms with van der Waals surface area (Å²) in [5.74, 6) is 0.931. The van der Waals surface area contributed by atoms with Gasteiger partial charge in [-0.3, -0.25) is 4.99 Å². The van der Waals surface area contributed by atoms with E-state index in [9.17, 15) is 0 Å². The van der Waals surface area contributed by atoms with E-state index in [0.29, 0.717) is 6.10 Å². The van der Waals surface area contributed by atoms with Gasteiger partial charge in [0.05, 0.1) is 12.6 Å². The first-order chi connectivity index (χ1) is 12.3. The van der Waals surface area contributed by atoms with Gasteiger partial charge in [-0.2, -0.15) is 11.8 Å². The lowest BCUT2D eigenvalue weighted by atomic mass is 9.98. The van der Waals surface area contributed by atoms with E-state index in [1.807, 2.05) is 11.8 Å². The summed E-state index contributed by atoms with van der Waals surface area (Å²) in [6.45, 7) is 7.34. The quantitative estimate of drug-likeness (QED) is 0.219. The SMILES string of the molecule is CCNC(=NCC1(SC)CCOCC1)NCCCOC1CCCCC1.I. The molecule has 2 rings (SSSR count). The van der Waals surface area contributed by atoms with Gasteiger partial charge < -0.3 is 20.1 Å². The molecule has 154 valence electrons. The smallest absolute Gasteiger partial charge is 0.191 e. The van der Waals surface area contributed by atoms with Gasteiger partial charge in [-0.15, -0.1) is 24.0 Å². The standard InChI is InChI=1S/C19H37N3O2S.HI/c1-3-20-18(22-16-19(25-2)10-14-23-15-11-19)21-12-7-13-24-17-8-5-4-6-9-17;/h17H,3-16H2,1-2H3,(H2,20,21,22);1H. The van der Waals surface area contributed by atoms with Crippen LogP contribution in [0.25, 0.3) is 0 Å². The van der Waals surface area contributed by atoms with Gasteiger partial charge in [-0.25, -0.2) is 0 Å². The molecule has 1 aliphatic carbocycles. The number of rotatable bonds is 9. The zero-order valence-electron chi connectivity index (χ0n) is 16.6. The molecule has 1 aliphatic heterocycles. The number of nitrogens with one attached hydrogen (secondary N) is 2. The molecule has 0 amide bonds. The van der Waals surface area contributed by atoms with Crippen molar-refractivity contribution in [1.29, 1.82) is 0 Å². The van der Waals surface area contributed by atoms with Crippen molar-refractivity contribution in [3.8, 4) is 0 Å². The van der Waals surface area contributed by atoms with Crippen LogP contribution in [0.1, 0.15) is 58.3 Å². The van der Waals surface area contributed by atoms with Crippen LogP contribution in [0.3, 0.4) is 0 Å². The molecular weight excluding hydrogens is 461 g/mol. The van der Waals surface area contributed by atoms with E-state index in [0.717, 1.165) is 64.7 Å². The molecule has 1 heterocycles. The summed E-state index contributed by atoms with van der Waals surface area (Å²) in [6, 6.07) is 0. The highest BCUT2D eigenvalue weighted by atomic mass is 127. The van der Waals surface area contributed by atoms with E-state index in [-0.39, 0.29) is 28.7 Å². The summed E-state index contributed by atoms with van der Waals surface area (Å²) >= 11 is 1.94. The first-order valence-electron chi connectivity index (χ1n) is 10.0. The number of thioether (sulfide) groups is 1. The molecule has 0 bridgehead atoms. The highest BCUT2D eigenvalue weighted by molar-refractivity contribution is 14.0. The minimum absolute atomic E-state index is 0. The normalized spacial score (nSPS) is 21.1. The highest BCUT2D eigenvalue weighted by Gasteiger charge is 2.31. The first-order valence-corrected chi connectivity index (χ1v) is 11.3. The largest absolute Gasteiger partial charge is 0.381 e. The fraction of sp³-hybridized carbons (Fsp3) is 0.947. The fourth-order valence-corrected chi connectivity index (χ4v) is 4.26. The maximum absolute atomic E-state index is 6.00. The number of hydrogen-bond acceptors (Lipinski definition) is 4. The molecule has 5 nitrogen and oxygen atoms in total. The Morgan fingerprint density at radius 2 is 1.92 bits per heavy atom. The first kappa shape index (κ1) is 24.3. The molecule has 7 heteroatoms. The van der Waals surface area contributed by atoms with Crippen molar-refractivity contribution in [3.63, 3.8) is 0 Å². The van der Waals surface area contributed by atoms with E-state index < -0.39 is 0 Å². The lowest BCUT2D eigenvalue weighted by molar-refractivity contribution is 0.0277. The van der Waals surface area contributed by atoms with Gasteiger partial charge >= 0.3 is 0 Å². The molecule has 0 aromatic heterocycles. The van der Waals surface area contributed by atoms with Crippen LogP contribution in [0, 0.1) is 0 Å². The van der Waals surface area contributed by atoms with Crippen LogP contribution in [-0.2, 0) is 9.47 Å². The van der Waals surface area contributed by atoms with E-state index in [4.69, 9.17) is 14.5 Å².